The van der Waals surface area contributed by atoms with Crippen LogP contribution in [0.4, 0.5) is 5.69 Å². The molecule has 0 bridgehead atoms. The SMILES string of the molecule is Cc1ccc(S(=O)(=O)Nc2c(C)n(C)n(-c3ccccc3)c2=O)cc1C(=O)OCc1ccccc1. The van der Waals surface area contributed by atoms with Gasteiger partial charge in [0, 0.05) is 7.05 Å². The monoisotopic (exact) mass is 491 g/mol. The zero-order valence-corrected chi connectivity index (χ0v) is 20.4. The number of anilines is 1. The number of ether oxygens (including phenoxy) is 1. The third kappa shape index (κ3) is 4.90. The number of sulfonamides is 1. The number of rotatable bonds is 7. The average molecular weight is 492 g/mol. The average Bonchev–Trinajstić information content (AvgIpc) is 3.06. The molecule has 9 heteroatoms. The predicted octanol–water partition coefficient (Wildman–Crippen LogP) is 3.95. The molecule has 4 aromatic rings. The predicted molar refractivity (Wildman–Crippen MR) is 133 cm³/mol. The van der Waals surface area contributed by atoms with Crippen LogP contribution in [0.5, 0.6) is 0 Å². The zero-order valence-electron chi connectivity index (χ0n) is 19.6. The number of esters is 1. The second-order valence-corrected chi connectivity index (χ2v) is 9.76. The number of aromatic nitrogens is 2. The summed E-state index contributed by atoms with van der Waals surface area (Å²) in [6.45, 7) is 3.42. The highest BCUT2D eigenvalue weighted by atomic mass is 32.2. The topological polar surface area (TPSA) is 99.4 Å². The molecule has 0 unspecified atom stereocenters. The van der Waals surface area contributed by atoms with Crippen molar-refractivity contribution >= 4 is 21.7 Å². The molecule has 0 aliphatic heterocycles. The standard InChI is InChI=1S/C26H25N3O5S/c1-18-14-15-22(16-23(18)26(31)34-17-20-10-6-4-7-11-20)35(32,33)27-24-19(2)28(3)29(25(24)30)21-12-8-5-9-13-21/h4-16,27H,17H2,1-3H3. The number of nitrogens with one attached hydrogen (secondary N) is 1. The summed E-state index contributed by atoms with van der Waals surface area (Å²) in [7, 11) is -2.49. The highest BCUT2D eigenvalue weighted by molar-refractivity contribution is 7.92. The minimum atomic E-state index is -4.17. The lowest BCUT2D eigenvalue weighted by Crippen LogP contribution is -2.23. The molecule has 35 heavy (non-hydrogen) atoms. The van der Waals surface area contributed by atoms with Crippen LogP contribution < -0.4 is 10.3 Å². The molecule has 0 radical (unpaired) electrons. The van der Waals surface area contributed by atoms with Crippen LogP contribution in [-0.2, 0) is 28.4 Å². The summed E-state index contributed by atoms with van der Waals surface area (Å²) in [5.74, 6) is -0.634. The van der Waals surface area contributed by atoms with E-state index in [1.165, 1.54) is 22.9 Å². The minimum absolute atomic E-state index is 0.0647. The van der Waals surface area contributed by atoms with Crippen molar-refractivity contribution in [2.45, 2.75) is 25.3 Å². The van der Waals surface area contributed by atoms with Crippen molar-refractivity contribution < 1.29 is 17.9 Å². The number of hydrogen-bond donors (Lipinski definition) is 1. The smallest absolute Gasteiger partial charge is 0.338 e. The molecule has 0 fully saturated rings. The Balaban J connectivity index is 1.63. The molecule has 0 atom stereocenters. The third-order valence-corrected chi connectivity index (χ3v) is 7.09. The fourth-order valence-electron chi connectivity index (χ4n) is 3.67. The number of carbonyl (C=O) groups is 1. The number of aryl methyl sites for hydroxylation is 1. The quantitative estimate of drug-likeness (QED) is 0.395. The Labute approximate surface area is 203 Å². The molecule has 1 N–H and O–H groups in total. The van der Waals surface area contributed by atoms with Crippen LogP contribution in [0, 0.1) is 13.8 Å². The molecule has 0 saturated carbocycles. The number of benzene rings is 3. The first-order valence-corrected chi connectivity index (χ1v) is 12.4. The van der Waals surface area contributed by atoms with E-state index in [4.69, 9.17) is 4.74 Å². The number of para-hydroxylation sites is 1. The van der Waals surface area contributed by atoms with Gasteiger partial charge in [-0.15, -0.1) is 0 Å². The van der Waals surface area contributed by atoms with Crippen molar-refractivity contribution in [2.75, 3.05) is 4.72 Å². The highest BCUT2D eigenvalue weighted by Gasteiger charge is 2.24. The van der Waals surface area contributed by atoms with E-state index in [9.17, 15) is 18.0 Å². The lowest BCUT2D eigenvalue weighted by Gasteiger charge is -2.11. The van der Waals surface area contributed by atoms with Crippen molar-refractivity contribution in [3.8, 4) is 5.69 Å². The van der Waals surface area contributed by atoms with Gasteiger partial charge in [-0.1, -0.05) is 54.6 Å². The van der Waals surface area contributed by atoms with E-state index in [0.29, 0.717) is 16.9 Å². The highest BCUT2D eigenvalue weighted by Crippen LogP contribution is 2.22. The minimum Gasteiger partial charge on any atom is -0.457 e. The van der Waals surface area contributed by atoms with E-state index in [1.807, 2.05) is 36.4 Å². The molecule has 0 aliphatic carbocycles. The number of hydrogen-bond acceptors (Lipinski definition) is 5. The van der Waals surface area contributed by atoms with Crippen LogP contribution in [0.25, 0.3) is 5.69 Å². The van der Waals surface area contributed by atoms with Crippen LogP contribution in [0.3, 0.4) is 0 Å². The van der Waals surface area contributed by atoms with Crippen LogP contribution in [-0.4, -0.2) is 23.8 Å². The Morgan fingerprint density at radius 2 is 1.57 bits per heavy atom. The van der Waals surface area contributed by atoms with Gasteiger partial charge in [0.2, 0.25) is 0 Å². The van der Waals surface area contributed by atoms with E-state index in [1.54, 1.807) is 49.8 Å². The fourth-order valence-corrected chi connectivity index (χ4v) is 4.81. The molecular weight excluding hydrogens is 466 g/mol. The lowest BCUT2D eigenvalue weighted by molar-refractivity contribution is 0.0471. The molecule has 0 amide bonds. The molecular formula is C26H25N3O5S. The largest absolute Gasteiger partial charge is 0.457 e. The summed E-state index contributed by atoms with van der Waals surface area (Å²) in [6, 6.07) is 22.3. The first-order valence-electron chi connectivity index (χ1n) is 10.9. The Kier molecular flexibility index (Phi) is 6.61. The van der Waals surface area contributed by atoms with Crippen molar-refractivity contribution in [3.05, 3.63) is 112 Å². The fraction of sp³-hybridized carbons (Fsp3) is 0.154. The maximum Gasteiger partial charge on any atom is 0.338 e. The second kappa shape index (κ2) is 9.63. The number of nitrogens with zero attached hydrogens (tertiary/aromatic N) is 2. The van der Waals surface area contributed by atoms with Gasteiger partial charge < -0.3 is 4.74 Å². The first kappa shape index (κ1) is 24.0. The maximum atomic E-state index is 13.2. The maximum absolute atomic E-state index is 13.2. The van der Waals surface area contributed by atoms with Crippen LogP contribution in [0.1, 0.15) is 27.2 Å². The van der Waals surface area contributed by atoms with Gasteiger partial charge in [0.15, 0.2) is 0 Å². The van der Waals surface area contributed by atoms with Gasteiger partial charge in [-0.05, 0) is 49.2 Å². The molecule has 180 valence electrons. The normalized spacial score (nSPS) is 11.3. The molecule has 0 aliphatic rings. The van der Waals surface area contributed by atoms with Crippen molar-refractivity contribution in [1.29, 1.82) is 0 Å². The summed E-state index contributed by atoms with van der Waals surface area (Å²) in [5, 5.41) is 0. The Morgan fingerprint density at radius 1 is 0.943 bits per heavy atom. The Morgan fingerprint density at radius 3 is 2.23 bits per heavy atom. The molecule has 4 rings (SSSR count). The molecule has 0 saturated heterocycles. The molecule has 1 aromatic heterocycles. The summed E-state index contributed by atoms with van der Waals surface area (Å²) in [6.07, 6.45) is 0. The van der Waals surface area contributed by atoms with E-state index >= 15 is 0 Å². The summed E-state index contributed by atoms with van der Waals surface area (Å²) in [4.78, 5) is 25.7. The first-order chi connectivity index (χ1) is 16.7. The summed E-state index contributed by atoms with van der Waals surface area (Å²) in [5.41, 5.74) is 2.00. The number of carbonyl (C=O) groups excluding carboxylic acids is 1. The van der Waals surface area contributed by atoms with E-state index < -0.39 is 21.6 Å². The molecule has 1 heterocycles. The Hall–Kier alpha value is -4.11. The van der Waals surface area contributed by atoms with Crippen LogP contribution in [0.15, 0.2) is 88.6 Å². The van der Waals surface area contributed by atoms with Gasteiger partial charge in [0.05, 0.1) is 21.8 Å². The van der Waals surface area contributed by atoms with Gasteiger partial charge in [-0.25, -0.2) is 17.9 Å². The van der Waals surface area contributed by atoms with Gasteiger partial charge in [0.25, 0.3) is 15.6 Å². The van der Waals surface area contributed by atoms with Gasteiger partial charge in [-0.3, -0.25) is 14.2 Å². The van der Waals surface area contributed by atoms with E-state index in [2.05, 4.69) is 4.72 Å². The van der Waals surface area contributed by atoms with Crippen molar-refractivity contribution in [2.24, 2.45) is 7.05 Å². The zero-order chi connectivity index (χ0) is 25.2. The Bertz CT molecular complexity index is 1540. The summed E-state index contributed by atoms with van der Waals surface area (Å²) >= 11 is 0. The van der Waals surface area contributed by atoms with Crippen molar-refractivity contribution in [1.82, 2.24) is 9.36 Å². The van der Waals surface area contributed by atoms with Crippen LogP contribution >= 0.6 is 0 Å². The van der Waals surface area contributed by atoms with Gasteiger partial charge in [0.1, 0.15) is 12.3 Å². The lowest BCUT2D eigenvalue weighted by atomic mass is 10.1. The van der Waals surface area contributed by atoms with E-state index in [0.717, 1.165) is 5.56 Å². The molecule has 0 spiro atoms. The van der Waals surface area contributed by atoms with E-state index in [-0.39, 0.29) is 22.8 Å². The second-order valence-electron chi connectivity index (χ2n) is 8.08. The summed E-state index contributed by atoms with van der Waals surface area (Å²) < 4.78 is 37.2. The van der Waals surface area contributed by atoms with Crippen LogP contribution in [0.2, 0.25) is 0 Å². The molecule has 8 nitrogen and oxygen atoms in total. The third-order valence-electron chi connectivity index (χ3n) is 5.74. The van der Waals surface area contributed by atoms with Crippen molar-refractivity contribution in [3.63, 3.8) is 0 Å². The molecule has 3 aromatic carbocycles. The van der Waals surface area contributed by atoms with Gasteiger partial charge >= 0.3 is 5.97 Å². The van der Waals surface area contributed by atoms with Gasteiger partial charge in [-0.2, -0.15) is 0 Å².